The van der Waals surface area contributed by atoms with E-state index in [0.29, 0.717) is 17.2 Å². The van der Waals surface area contributed by atoms with Crippen LogP contribution in [0.2, 0.25) is 0 Å². The Bertz CT molecular complexity index is 731. The molecular formula is C11H11N7. The van der Waals surface area contributed by atoms with Crippen LogP contribution in [0, 0.1) is 6.92 Å². The third-order valence-electron chi connectivity index (χ3n) is 2.82. The molecule has 7 nitrogen and oxygen atoms in total. The average Bonchev–Trinajstić information content (AvgIpc) is 2.69. The van der Waals surface area contributed by atoms with Crippen molar-refractivity contribution >= 4 is 16.9 Å². The fourth-order valence-electron chi connectivity index (χ4n) is 1.92. The maximum Gasteiger partial charge on any atom is 0.163 e. The van der Waals surface area contributed by atoms with Crippen LogP contribution in [-0.2, 0) is 7.05 Å². The molecule has 3 aromatic heterocycles. The second-order valence-electron chi connectivity index (χ2n) is 3.95. The van der Waals surface area contributed by atoms with Crippen LogP contribution in [0.25, 0.3) is 22.3 Å². The summed E-state index contributed by atoms with van der Waals surface area (Å²) in [6.45, 7) is 1.90. The summed E-state index contributed by atoms with van der Waals surface area (Å²) in [6, 6.07) is 0. The van der Waals surface area contributed by atoms with Gasteiger partial charge in [-0.3, -0.25) is 0 Å². The lowest BCUT2D eigenvalue weighted by atomic mass is 10.1. The second-order valence-corrected chi connectivity index (χ2v) is 3.95. The van der Waals surface area contributed by atoms with Gasteiger partial charge in [0.25, 0.3) is 0 Å². The number of nitrogens with two attached hydrogens (primary N) is 1. The quantitative estimate of drug-likeness (QED) is 0.674. The number of hydrogen-bond donors (Lipinski definition) is 1. The molecule has 0 fully saturated rings. The normalized spacial score (nSPS) is 11.0. The van der Waals surface area contributed by atoms with Gasteiger partial charge in [0.05, 0.1) is 11.1 Å². The molecule has 3 rings (SSSR count). The molecule has 3 aromatic rings. The van der Waals surface area contributed by atoms with E-state index < -0.39 is 0 Å². The highest BCUT2D eigenvalue weighted by Crippen LogP contribution is 2.30. The van der Waals surface area contributed by atoms with E-state index in [4.69, 9.17) is 5.73 Å². The molecule has 0 aliphatic heterocycles. The summed E-state index contributed by atoms with van der Waals surface area (Å²) in [5.74, 6) is 0.409. The summed E-state index contributed by atoms with van der Waals surface area (Å²) in [5, 5.41) is 5.17. The van der Waals surface area contributed by atoms with Crippen molar-refractivity contribution in [2.24, 2.45) is 7.05 Å². The first kappa shape index (κ1) is 10.6. The van der Waals surface area contributed by atoms with Gasteiger partial charge in [0.15, 0.2) is 5.65 Å². The second kappa shape index (κ2) is 3.73. The van der Waals surface area contributed by atoms with Crippen LogP contribution < -0.4 is 5.73 Å². The van der Waals surface area contributed by atoms with Crippen molar-refractivity contribution in [3.8, 4) is 11.3 Å². The van der Waals surface area contributed by atoms with Crippen LogP contribution >= 0.6 is 0 Å². The molecule has 18 heavy (non-hydrogen) atoms. The minimum atomic E-state index is 0.409. The molecule has 0 saturated carbocycles. The molecule has 0 amide bonds. The molecule has 3 heterocycles. The Hall–Kier alpha value is -2.57. The maximum atomic E-state index is 5.91. The summed E-state index contributed by atoms with van der Waals surface area (Å²) >= 11 is 0. The Morgan fingerprint density at radius 3 is 2.78 bits per heavy atom. The summed E-state index contributed by atoms with van der Waals surface area (Å²) in [5.41, 5.74) is 9.00. The maximum absolute atomic E-state index is 5.91. The first-order valence-electron chi connectivity index (χ1n) is 5.38. The van der Waals surface area contributed by atoms with Crippen LogP contribution in [0.3, 0.4) is 0 Å². The van der Waals surface area contributed by atoms with Crippen LogP contribution in [-0.4, -0.2) is 29.7 Å². The molecule has 0 bridgehead atoms. The SMILES string of the molecule is Cc1ncncc1-c1nn(C)c2ncnc(N)c12. The van der Waals surface area contributed by atoms with Crippen molar-refractivity contribution in [1.29, 1.82) is 0 Å². The monoisotopic (exact) mass is 241 g/mol. The van der Waals surface area contributed by atoms with Gasteiger partial charge in [-0.05, 0) is 6.92 Å². The standard InChI is InChI=1S/C11H11N7/c1-6-7(3-13-4-14-6)9-8-10(12)15-5-16-11(8)18(2)17-9/h3-5H,1-2H3,(H2,12,15,16). The van der Waals surface area contributed by atoms with E-state index in [1.165, 1.54) is 12.7 Å². The van der Waals surface area contributed by atoms with E-state index in [9.17, 15) is 0 Å². The van der Waals surface area contributed by atoms with E-state index >= 15 is 0 Å². The Kier molecular flexibility index (Phi) is 2.19. The zero-order chi connectivity index (χ0) is 12.7. The molecule has 0 unspecified atom stereocenters. The highest BCUT2D eigenvalue weighted by molar-refractivity contribution is 5.98. The van der Waals surface area contributed by atoms with E-state index in [0.717, 1.165) is 16.6 Å². The summed E-state index contributed by atoms with van der Waals surface area (Å²) in [4.78, 5) is 16.4. The number of aryl methyl sites for hydroxylation is 2. The number of aromatic nitrogens is 6. The van der Waals surface area contributed by atoms with Gasteiger partial charge in [-0.1, -0.05) is 0 Å². The third-order valence-corrected chi connectivity index (χ3v) is 2.82. The van der Waals surface area contributed by atoms with Crippen molar-refractivity contribution in [1.82, 2.24) is 29.7 Å². The third kappa shape index (κ3) is 1.41. The average molecular weight is 241 g/mol. The summed E-state index contributed by atoms with van der Waals surface area (Å²) in [7, 11) is 1.82. The zero-order valence-electron chi connectivity index (χ0n) is 9.99. The Morgan fingerprint density at radius 2 is 2.00 bits per heavy atom. The van der Waals surface area contributed by atoms with Gasteiger partial charge >= 0.3 is 0 Å². The Labute approximate surface area is 103 Å². The number of anilines is 1. The van der Waals surface area contributed by atoms with E-state index in [1.54, 1.807) is 10.9 Å². The fraction of sp³-hybridized carbons (Fsp3) is 0.182. The van der Waals surface area contributed by atoms with E-state index in [2.05, 4.69) is 25.0 Å². The highest BCUT2D eigenvalue weighted by atomic mass is 15.3. The van der Waals surface area contributed by atoms with Crippen LogP contribution in [0.4, 0.5) is 5.82 Å². The number of rotatable bonds is 1. The summed E-state index contributed by atoms with van der Waals surface area (Å²) < 4.78 is 1.68. The van der Waals surface area contributed by atoms with Gasteiger partial charge in [-0.15, -0.1) is 0 Å². The van der Waals surface area contributed by atoms with Gasteiger partial charge < -0.3 is 5.73 Å². The number of hydrogen-bond acceptors (Lipinski definition) is 6. The molecular weight excluding hydrogens is 230 g/mol. The lowest BCUT2D eigenvalue weighted by molar-refractivity contribution is 0.788. The minimum absolute atomic E-state index is 0.409. The first-order valence-corrected chi connectivity index (χ1v) is 5.38. The Morgan fingerprint density at radius 1 is 1.17 bits per heavy atom. The molecule has 0 spiro atoms. The smallest absolute Gasteiger partial charge is 0.163 e. The summed E-state index contributed by atoms with van der Waals surface area (Å²) in [6.07, 6.45) is 4.65. The van der Waals surface area contributed by atoms with Crippen LogP contribution in [0.5, 0.6) is 0 Å². The van der Waals surface area contributed by atoms with Gasteiger partial charge in [0, 0.05) is 18.8 Å². The molecule has 0 radical (unpaired) electrons. The predicted molar refractivity (Wildman–Crippen MR) is 66.5 cm³/mol. The van der Waals surface area contributed by atoms with Crippen LogP contribution in [0.1, 0.15) is 5.69 Å². The van der Waals surface area contributed by atoms with Crippen molar-refractivity contribution in [3.63, 3.8) is 0 Å². The Balaban J connectivity index is 2.41. The lowest BCUT2D eigenvalue weighted by Gasteiger charge is -2.01. The molecule has 0 atom stereocenters. The topological polar surface area (TPSA) is 95.4 Å². The van der Waals surface area contributed by atoms with Gasteiger partial charge in [-0.25, -0.2) is 24.6 Å². The number of fused-ring (bicyclic) bond motifs is 1. The molecule has 0 saturated heterocycles. The van der Waals surface area contributed by atoms with E-state index in [1.807, 2.05) is 14.0 Å². The number of nitrogens with zero attached hydrogens (tertiary/aromatic N) is 6. The molecule has 0 aliphatic carbocycles. The van der Waals surface area contributed by atoms with Crippen molar-refractivity contribution in [3.05, 3.63) is 24.5 Å². The minimum Gasteiger partial charge on any atom is -0.383 e. The fourth-order valence-corrected chi connectivity index (χ4v) is 1.92. The molecule has 90 valence electrons. The predicted octanol–water partition coefficient (Wildman–Crippen LogP) is 0.711. The van der Waals surface area contributed by atoms with E-state index in [-0.39, 0.29) is 0 Å². The molecule has 0 aromatic carbocycles. The molecule has 2 N–H and O–H groups in total. The molecule has 7 heteroatoms. The molecule has 0 aliphatic rings. The van der Waals surface area contributed by atoms with Crippen molar-refractivity contribution < 1.29 is 0 Å². The lowest BCUT2D eigenvalue weighted by Crippen LogP contribution is -1.95. The largest absolute Gasteiger partial charge is 0.383 e. The van der Waals surface area contributed by atoms with Crippen molar-refractivity contribution in [2.75, 3.05) is 5.73 Å². The van der Waals surface area contributed by atoms with Gasteiger partial charge in [0.1, 0.15) is 24.2 Å². The number of nitrogen functional groups attached to an aromatic ring is 1. The zero-order valence-corrected chi connectivity index (χ0v) is 9.99. The first-order chi connectivity index (χ1) is 8.68. The van der Waals surface area contributed by atoms with Gasteiger partial charge in [-0.2, -0.15) is 5.10 Å². The van der Waals surface area contributed by atoms with Crippen LogP contribution in [0.15, 0.2) is 18.9 Å². The van der Waals surface area contributed by atoms with Gasteiger partial charge in [0.2, 0.25) is 0 Å². The highest BCUT2D eigenvalue weighted by Gasteiger charge is 2.17. The van der Waals surface area contributed by atoms with Crippen molar-refractivity contribution in [2.45, 2.75) is 6.92 Å².